The Balaban J connectivity index is 2.21. The Morgan fingerprint density at radius 3 is 2.35 bits per heavy atom. The minimum Gasteiger partial charge on any atom is -0.463 e. The van der Waals surface area contributed by atoms with Crippen molar-refractivity contribution in [3.8, 4) is 18.4 Å². The van der Waals surface area contributed by atoms with Gasteiger partial charge in [0.15, 0.2) is 11.5 Å². The van der Waals surface area contributed by atoms with E-state index in [1.54, 1.807) is 13.8 Å². The topological polar surface area (TPSA) is 258 Å². The van der Waals surface area contributed by atoms with Gasteiger partial charge in [-0.1, -0.05) is 33.1 Å². The van der Waals surface area contributed by atoms with E-state index in [9.17, 15) is 24.0 Å². The Morgan fingerprint density at radius 2 is 1.71 bits per heavy atom. The largest absolute Gasteiger partial charge is 0.463 e. The average molecular weight is 749 g/mol. The number of aliphatic imine (C=N–C) groups is 1. The number of ether oxygens (including phenoxy) is 4. The molecule has 2 aromatic heterocycles. The fourth-order valence-corrected chi connectivity index (χ4v) is 4.75. The highest BCUT2D eigenvalue weighted by molar-refractivity contribution is 7.78. The first-order valence-corrected chi connectivity index (χ1v) is 17.2. The van der Waals surface area contributed by atoms with Crippen molar-refractivity contribution in [2.75, 3.05) is 65.1 Å². The lowest BCUT2D eigenvalue weighted by molar-refractivity contribution is -0.133. The minimum atomic E-state index is -1.34. The molecule has 0 fully saturated rings. The highest BCUT2D eigenvalue weighted by Gasteiger charge is 2.32. The molecule has 19 nitrogen and oxygen atoms in total. The molecule has 2 aromatic rings. The Hall–Kier alpha value is -4.93. The van der Waals surface area contributed by atoms with Crippen LogP contribution in [0.5, 0.6) is 6.01 Å². The second-order valence-corrected chi connectivity index (χ2v) is 11.7. The zero-order chi connectivity index (χ0) is 38.5. The van der Waals surface area contributed by atoms with Crippen LogP contribution in [-0.4, -0.2) is 119 Å². The van der Waals surface area contributed by atoms with Crippen molar-refractivity contribution in [2.24, 2.45) is 16.6 Å². The zero-order valence-electron chi connectivity index (χ0n) is 29.7. The molecule has 4 amide bonds. The van der Waals surface area contributed by atoms with Crippen molar-refractivity contribution >= 4 is 58.1 Å². The molecule has 2 rings (SSSR count). The van der Waals surface area contributed by atoms with Gasteiger partial charge >= 0.3 is 17.7 Å². The van der Waals surface area contributed by atoms with Gasteiger partial charge in [0.05, 0.1) is 57.9 Å². The molecule has 2 heterocycles. The van der Waals surface area contributed by atoms with Gasteiger partial charge in [0, 0.05) is 6.54 Å². The molecule has 286 valence electrons. The predicted molar refractivity (Wildman–Crippen MR) is 194 cm³/mol. The standard InChI is InChI=1S/C32H48N10O9S/c1-5-7-13-51-31-39-26(33)25-27(40-31)41(12-6-2)32(47)42(25)29(45)22(9-8-10-36-30(34)46)37-28(44)24(21(3)4)38-23(43)19-50-18-17-49-16-15-48-14-11-35-20-52/h2,21-22,24H,5,7-19H2,1,3-4H3,(H,37,44)(H,38,43)(H2,33,39,40)(H3,34,36,46)/t22-,24-/m0/s1. The van der Waals surface area contributed by atoms with Gasteiger partial charge in [-0.15, -0.1) is 6.42 Å². The van der Waals surface area contributed by atoms with Crippen molar-refractivity contribution < 1.29 is 38.1 Å². The summed E-state index contributed by atoms with van der Waals surface area (Å²) in [5.41, 5.74) is 10.4. The summed E-state index contributed by atoms with van der Waals surface area (Å²) >= 11 is 4.48. The summed E-state index contributed by atoms with van der Waals surface area (Å²) in [6, 6.07) is -3.31. The fraction of sp³-hybridized carbons (Fsp3) is 0.625. The van der Waals surface area contributed by atoms with Crippen LogP contribution < -0.4 is 37.8 Å². The van der Waals surface area contributed by atoms with Crippen LogP contribution >= 0.6 is 12.2 Å². The van der Waals surface area contributed by atoms with E-state index in [1.807, 2.05) is 6.92 Å². The number of fused-ring (bicyclic) bond motifs is 1. The van der Waals surface area contributed by atoms with Crippen molar-refractivity contribution in [3.05, 3.63) is 10.5 Å². The van der Waals surface area contributed by atoms with Crippen LogP contribution in [0.4, 0.5) is 10.6 Å². The number of carbonyl (C=O) groups is 4. The number of nitrogens with one attached hydrogen (secondary N) is 3. The van der Waals surface area contributed by atoms with Crippen LogP contribution in [0, 0.1) is 18.3 Å². The first-order chi connectivity index (χ1) is 25.0. The zero-order valence-corrected chi connectivity index (χ0v) is 30.5. The summed E-state index contributed by atoms with van der Waals surface area (Å²) in [5, 5.41) is 9.94. The quantitative estimate of drug-likeness (QED) is 0.0384. The number of amides is 4. The third-order valence-corrected chi connectivity index (χ3v) is 7.34. The Bertz CT molecular complexity index is 1650. The first kappa shape index (κ1) is 43.2. The molecular formula is C32H48N10O9S. The van der Waals surface area contributed by atoms with E-state index in [1.165, 1.54) is 0 Å². The molecule has 20 heteroatoms. The molecule has 7 N–H and O–H groups in total. The van der Waals surface area contributed by atoms with Gasteiger partial charge in [-0.25, -0.2) is 19.1 Å². The summed E-state index contributed by atoms with van der Waals surface area (Å²) in [4.78, 5) is 77.5. The van der Waals surface area contributed by atoms with Gasteiger partial charge in [0.1, 0.15) is 24.2 Å². The molecule has 0 saturated carbocycles. The SMILES string of the molecule is C#CCn1c(=O)n(C(=O)[C@H](CCCNC(N)=O)NC(=O)[C@@H](NC(=O)COCCOCCOCCN=C=S)C(C)C)c2c(N)nc(OCCCC)nc21. The van der Waals surface area contributed by atoms with Gasteiger partial charge in [-0.3, -0.25) is 19.0 Å². The second-order valence-electron chi connectivity index (χ2n) is 11.5. The molecular weight excluding hydrogens is 700 g/mol. The summed E-state index contributed by atoms with van der Waals surface area (Å²) < 4.78 is 23.5. The van der Waals surface area contributed by atoms with Gasteiger partial charge in [0.2, 0.25) is 11.8 Å². The number of isothiocyanates is 1. The summed E-state index contributed by atoms with van der Waals surface area (Å²) in [5.74, 6) is -0.456. The van der Waals surface area contributed by atoms with E-state index >= 15 is 0 Å². The van der Waals surface area contributed by atoms with Crippen molar-refractivity contribution in [2.45, 2.75) is 65.1 Å². The normalized spacial score (nSPS) is 12.1. The van der Waals surface area contributed by atoms with Gasteiger partial charge in [-0.05, 0) is 37.4 Å². The monoisotopic (exact) mass is 748 g/mol. The van der Waals surface area contributed by atoms with Crippen LogP contribution in [0.2, 0.25) is 0 Å². The van der Waals surface area contributed by atoms with Gasteiger partial charge < -0.3 is 46.4 Å². The van der Waals surface area contributed by atoms with Gasteiger partial charge in [-0.2, -0.15) is 9.97 Å². The number of nitrogen functional groups attached to an aromatic ring is 1. The molecule has 0 aliphatic carbocycles. The number of thiocarbonyl (C=S) groups is 1. The number of anilines is 1. The molecule has 0 bridgehead atoms. The van der Waals surface area contributed by atoms with Crippen LogP contribution in [0.25, 0.3) is 11.2 Å². The Labute approximate surface area is 306 Å². The minimum absolute atomic E-state index is 0.0325. The number of primary amides is 1. The third-order valence-electron chi connectivity index (χ3n) is 7.21. The lowest BCUT2D eigenvalue weighted by Gasteiger charge is -2.25. The third kappa shape index (κ3) is 14.0. The van der Waals surface area contributed by atoms with E-state index in [0.717, 1.165) is 15.6 Å². The molecule has 0 aliphatic heterocycles. The Kier molecular flexibility index (Phi) is 19.6. The van der Waals surface area contributed by atoms with Crippen LogP contribution in [-0.2, 0) is 30.3 Å². The molecule has 0 spiro atoms. The maximum Gasteiger partial charge on any atom is 0.338 e. The number of rotatable bonds is 25. The number of imidazole rings is 1. The Morgan fingerprint density at radius 1 is 1.02 bits per heavy atom. The molecule has 2 atom stereocenters. The van der Waals surface area contributed by atoms with Crippen molar-refractivity contribution in [1.29, 1.82) is 0 Å². The van der Waals surface area contributed by atoms with E-state index in [-0.39, 0.29) is 68.7 Å². The maximum atomic E-state index is 14.1. The second kappa shape index (κ2) is 23.5. The summed E-state index contributed by atoms with van der Waals surface area (Å²) in [6.45, 7) is 6.91. The van der Waals surface area contributed by atoms with Crippen LogP contribution in [0.15, 0.2) is 9.79 Å². The van der Waals surface area contributed by atoms with E-state index < -0.39 is 47.4 Å². The van der Waals surface area contributed by atoms with Crippen molar-refractivity contribution in [3.63, 3.8) is 0 Å². The fourth-order valence-electron chi connectivity index (χ4n) is 4.66. The van der Waals surface area contributed by atoms with E-state index in [2.05, 4.69) is 54.2 Å². The lowest BCUT2D eigenvalue weighted by atomic mass is 10.0. The number of terminal acetylenes is 1. The number of urea groups is 1. The molecule has 0 saturated heterocycles. The maximum absolute atomic E-state index is 14.1. The highest BCUT2D eigenvalue weighted by atomic mass is 32.1. The molecule has 0 radical (unpaired) electrons. The predicted octanol–water partition coefficient (Wildman–Crippen LogP) is -0.146. The number of carbonyl (C=O) groups excluding carboxylic acids is 4. The number of aromatic nitrogens is 4. The van der Waals surface area contributed by atoms with Crippen LogP contribution in [0.3, 0.4) is 0 Å². The molecule has 0 unspecified atom stereocenters. The van der Waals surface area contributed by atoms with Gasteiger partial charge in [0.25, 0.3) is 5.91 Å². The summed E-state index contributed by atoms with van der Waals surface area (Å²) in [7, 11) is 0. The molecule has 52 heavy (non-hydrogen) atoms. The average Bonchev–Trinajstić information content (AvgIpc) is 3.38. The number of hydrogen-bond donors (Lipinski definition) is 5. The summed E-state index contributed by atoms with van der Waals surface area (Å²) in [6.07, 6.45) is 7.20. The first-order valence-electron chi connectivity index (χ1n) is 16.8. The van der Waals surface area contributed by atoms with Crippen molar-refractivity contribution in [1.82, 2.24) is 35.1 Å². The van der Waals surface area contributed by atoms with E-state index in [4.69, 9.17) is 36.8 Å². The molecule has 0 aliphatic rings. The van der Waals surface area contributed by atoms with E-state index in [0.29, 0.717) is 39.4 Å². The smallest absolute Gasteiger partial charge is 0.338 e. The number of nitrogens with zero attached hydrogens (tertiary/aromatic N) is 5. The number of nitrogens with two attached hydrogens (primary N) is 2. The highest BCUT2D eigenvalue weighted by Crippen LogP contribution is 2.21. The van der Waals surface area contributed by atoms with Crippen LogP contribution in [0.1, 0.15) is 51.2 Å². The number of unbranched alkanes of at least 4 members (excludes halogenated alkanes) is 1. The number of hydrogen-bond acceptors (Lipinski definition) is 14. The molecule has 0 aromatic carbocycles. The lowest BCUT2D eigenvalue weighted by Crippen LogP contribution is -2.55.